The van der Waals surface area contributed by atoms with Crippen LogP contribution in [0.15, 0.2) is 30.3 Å². The van der Waals surface area contributed by atoms with Crippen molar-refractivity contribution in [2.45, 2.75) is 13.0 Å². The highest BCUT2D eigenvalue weighted by atomic mass is 35.5. The molecule has 1 nitrogen and oxygen atoms in total. The summed E-state index contributed by atoms with van der Waals surface area (Å²) in [5.41, 5.74) is 0.406. The molecule has 0 bridgehead atoms. The van der Waals surface area contributed by atoms with Gasteiger partial charge in [0.15, 0.2) is 0 Å². The van der Waals surface area contributed by atoms with Crippen LogP contribution < -0.4 is 0 Å². The van der Waals surface area contributed by atoms with E-state index in [0.717, 1.165) is 9.75 Å². The van der Waals surface area contributed by atoms with E-state index in [-0.39, 0.29) is 5.02 Å². The highest BCUT2D eigenvalue weighted by Gasteiger charge is 2.17. The molecule has 0 aliphatic carbocycles. The number of aliphatic hydroxyl groups is 1. The molecule has 0 aliphatic heterocycles. The number of aryl methyl sites for hydroxylation is 1. The summed E-state index contributed by atoms with van der Waals surface area (Å²) < 4.78 is 13.2. The Bertz CT molecular complexity index is 509. The first-order valence-corrected chi connectivity index (χ1v) is 5.97. The number of thiophene rings is 1. The highest BCUT2D eigenvalue weighted by molar-refractivity contribution is 7.12. The standard InChI is InChI=1S/C12H10ClFOS/c1-7-5-6-10(16-7)12(15)8-3-2-4-9(14)11(8)13/h2-6,12,15H,1H3. The maximum Gasteiger partial charge on any atom is 0.142 e. The maximum absolute atomic E-state index is 13.2. The van der Waals surface area contributed by atoms with Gasteiger partial charge >= 0.3 is 0 Å². The average molecular weight is 257 g/mol. The smallest absolute Gasteiger partial charge is 0.142 e. The summed E-state index contributed by atoms with van der Waals surface area (Å²) >= 11 is 7.29. The van der Waals surface area contributed by atoms with Crippen LogP contribution >= 0.6 is 22.9 Å². The van der Waals surface area contributed by atoms with Crippen molar-refractivity contribution in [3.63, 3.8) is 0 Å². The topological polar surface area (TPSA) is 20.2 Å². The molecule has 1 aromatic heterocycles. The van der Waals surface area contributed by atoms with Gasteiger partial charge in [-0.15, -0.1) is 11.3 Å². The second-order valence-corrected chi connectivity index (χ2v) is 5.19. The molecule has 2 rings (SSSR count). The Labute approximate surface area is 102 Å². The zero-order valence-corrected chi connectivity index (χ0v) is 10.1. The normalized spacial score (nSPS) is 12.8. The van der Waals surface area contributed by atoms with E-state index < -0.39 is 11.9 Å². The van der Waals surface area contributed by atoms with Crippen molar-refractivity contribution in [3.8, 4) is 0 Å². The van der Waals surface area contributed by atoms with Gasteiger partial charge in [0.05, 0.1) is 5.02 Å². The summed E-state index contributed by atoms with van der Waals surface area (Å²) in [4.78, 5) is 1.87. The Morgan fingerprint density at radius 1 is 1.31 bits per heavy atom. The molecule has 0 amide bonds. The SMILES string of the molecule is Cc1ccc(C(O)c2cccc(F)c2Cl)s1. The Hall–Kier alpha value is -0.900. The minimum absolute atomic E-state index is 0.0129. The number of hydrogen-bond donors (Lipinski definition) is 1. The molecule has 0 saturated carbocycles. The van der Waals surface area contributed by atoms with E-state index in [1.54, 1.807) is 12.1 Å². The van der Waals surface area contributed by atoms with E-state index in [4.69, 9.17) is 11.6 Å². The lowest BCUT2D eigenvalue weighted by Crippen LogP contribution is -1.99. The quantitative estimate of drug-likeness (QED) is 0.863. The van der Waals surface area contributed by atoms with Crippen molar-refractivity contribution in [1.29, 1.82) is 0 Å². The molecular weight excluding hydrogens is 247 g/mol. The molecule has 84 valence electrons. The molecule has 0 spiro atoms. The first kappa shape index (κ1) is 11.6. The Morgan fingerprint density at radius 2 is 2.06 bits per heavy atom. The molecule has 1 aromatic carbocycles. The zero-order chi connectivity index (χ0) is 11.7. The zero-order valence-electron chi connectivity index (χ0n) is 8.58. The lowest BCUT2D eigenvalue weighted by molar-refractivity contribution is 0.224. The molecule has 0 fully saturated rings. The molecule has 0 radical (unpaired) electrons. The molecule has 16 heavy (non-hydrogen) atoms. The number of rotatable bonds is 2. The van der Waals surface area contributed by atoms with Gasteiger partial charge in [-0.05, 0) is 25.1 Å². The van der Waals surface area contributed by atoms with Crippen LogP contribution in [0, 0.1) is 12.7 Å². The molecule has 1 N–H and O–H groups in total. The highest BCUT2D eigenvalue weighted by Crippen LogP contribution is 2.33. The lowest BCUT2D eigenvalue weighted by atomic mass is 10.1. The number of aliphatic hydroxyl groups excluding tert-OH is 1. The molecule has 2 aromatic rings. The molecule has 0 saturated heterocycles. The van der Waals surface area contributed by atoms with Gasteiger partial charge in [0.2, 0.25) is 0 Å². The van der Waals surface area contributed by atoms with Crippen LogP contribution in [-0.2, 0) is 0 Å². The third kappa shape index (κ3) is 2.12. The fraction of sp³-hybridized carbons (Fsp3) is 0.167. The van der Waals surface area contributed by atoms with Gasteiger partial charge in [0.1, 0.15) is 11.9 Å². The summed E-state index contributed by atoms with van der Waals surface area (Å²) in [6.07, 6.45) is -0.859. The summed E-state index contributed by atoms with van der Waals surface area (Å²) in [7, 11) is 0. The fourth-order valence-corrected chi connectivity index (χ4v) is 2.60. The third-order valence-corrected chi connectivity index (χ3v) is 3.76. The Kier molecular flexibility index (Phi) is 3.28. The monoisotopic (exact) mass is 256 g/mol. The van der Waals surface area contributed by atoms with E-state index in [1.807, 2.05) is 19.1 Å². The second-order valence-electron chi connectivity index (χ2n) is 3.49. The van der Waals surface area contributed by atoms with Gasteiger partial charge in [-0.25, -0.2) is 4.39 Å². The number of benzene rings is 1. The van der Waals surface area contributed by atoms with Crippen molar-refractivity contribution in [2.24, 2.45) is 0 Å². The molecule has 4 heteroatoms. The molecule has 1 atom stereocenters. The van der Waals surface area contributed by atoms with Gasteiger partial charge in [-0.3, -0.25) is 0 Å². The van der Waals surface area contributed by atoms with Crippen LogP contribution in [0.5, 0.6) is 0 Å². The summed E-state index contributed by atoms with van der Waals surface area (Å²) in [5, 5.41) is 10.1. The van der Waals surface area contributed by atoms with Gasteiger partial charge in [-0.2, -0.15) is 0 Å². The van der Waals surface area contributed by atoms with E-state index in [0.29, 0.717) is 5.56 Å². The molecule has 0 aliphatic rings. The van der Waals surface area contributed by atoms with Crippen LogP contribution in [0.25, 0.3) is 0 Å². The number of halogens is 2. The van der Waals surface area contributed by atoms with Crippen molar-refractivity contribution in [1.82, 2.24) is 0 Å². The van der Waals surface area contributed by atoms with Gasteiger partial charge in [0, 0.05) is 15.3 Å². The van der Waals surface area contributed by atoms with Crippen molar-refractivity contribution < 1.29 is 9.50 Å². The van der Waals surface area contributed by atoms with Crippen molar-refractivity contribution in [2.75, 3.05) is 0 Å². The van der Waals surface area contributed by atoms with Crippen molar-refractivity contribution in [3.05, 3.63) is 56.5 Å². The minimum Gasteiger partial charge on any atom is -0.383 e. The minimum atomic E-state index is -0.859. The van der Waals surface area contributed by atoms with Crippen molar-refractivity contribution >= 4 is 22.9 Å². The first-order chi connectivity index (χ1) is 7.59. The second kappa shape index (κ2) is 4.53. The van der Waals surface area contributed by atoms with E-state index in [2.05, 4.69) is 0 Å². The van der Waals surface area contributed by atoms with Crippen LogP contribution in [0.4, 0.5) is 4.39 Å². The summed E-state index contributed by atoms with van der Waals surface area (Å²) in [6, 6.07) is 8.19. The summed E-state index contributed by atoms with van der Waals surface area (Å²) in [6.45, 7) is 1.95. The third-order valence-electron chi connectivity index (χ3n) is 2.31. The van der Waals surface area contributed by atoms with E-state index >= 15 is 0 Å². The van der Waals surface area contributed by atoms with Gasteiger partial charge in [0.25, 0.3) is 0 Å². The largest absolute Gasteiger partial charge is 0.383 e. The Balaban J connectivity index is 2.41. The van der Waals surface area contributed by atoms with Crippen LogP contribution in [0.3, 0.4) is 0 Å². The van der Waals surface area contributed by atoms with E-state index in [1.165, 1.54) is 17.4 Å². The van der Waals surface area contributed by atoms with Crippen LogP contribution in [0.2, 0.25) is 5.02 Å². The maximum atomic E-state index is 13.2. The van der Waals surface area contributed by atoms with E-state index in [9.17, 15) is 9.50 Å². The Morgan fingerprint density at radius 3 is 2.69 bits per heavy atom. The van der Waals surface area contributed by atoms with Crippen LogP contribution in [0.1, 0.15) is 21.4 Å². The lowest BCUT2D eigenvalue weighted by Gasteiger charge is -2.11. The van der Waals surface area contributed by atoms with Gasteiger partial charge < -0.3 is 5.11 Å². The fourth-order valence-electron chi connectivity index (χ4n) is 1.49. The molecular formula is C12H10ClFOS. The number of hydrogen-bond acceptors (Lipinski definition) is 2. The first-order valence-electron chi connectivity index (χ1n) is 4.78. The van der Waals surface area contributed by atoms with Crippen LogP contribution in [-0.4, -0.2) is 5.11 Å². The average Bonchev–Trinajstić information content (AvgIpc) is 2.68. The van der Waals surface area contributed by atoms with Gasteiger partial charge in [-0.1, -0.05) is 23.7 Å². The molecule has 1 heterocycles. The summed E-state index contributed by atoms with van der Waals surface area (Å²) in [5.74, 6) is -0.508. The molecule has 1 unspecified atom stereocenters. The predicted molar refractivity (Wildman–Crippen MR) is 64.5 cm³/mol. The predicted octanol–water partition coefficient (Wildman–Crippen LogP) is 3.93.